The molecule has 4 rings (SSSR count). The fourth-order valence-corrected chi connectivity index (χ4v) is 5.56. The number of hydrogen-bond acceptors (Lipinski definition) is 5. The number of nitro groups is 1. The fraction of sp³-hybridized carbons (Fsp3) is 0.545. The highest BCUT2D eigenvalue weighted by Gasteiger charge is 2.39. The third-order valence-corrected chi connectivity index (χ3v) is 7.04. The van der Waals surface area contributed by atoms with Crippen molar-refractivity contribution in [3.05, 3.63) is 44.8 Å². The summed E-state index contributed by atoms with van der Waals surface area (Å²) in [6.07, 6.45) is 13.4. The molecule has 1 aromatic rings. The van der Waals surface area contributed by atoms with Gasteiger partial charge in [0.25, 0.3) is 11.6 Å². The minimum Gasteiger partial charge on any atom is -0.284 e. The zero-order chi connectivity index (χ0) is 20.2. The summed E-state index contributed by atoms with van der Waals surface area (Å²) in [7, 11) is 0. The highest BCUT2D eigenvalue weighted by Crippen LogP contribution is 2.38. The van der Waals surface area contributed by atoms with E-state index in [1.807, 2.05) is 11.0 Å². The molecule has 0 bridgehead atoms. The van der Waals surface area contributed by atoms with Crippen LogP contribution >= 0.6 is 11.8 Å². The van der Waals surface area contributed by atoms with Crippen LogP contribution in [0, 0.1) is 10.1 Å². The van der Waals surface area contributed by atoms with E-state index in [1.54, 1.807) is 12.1 Å². The quantitative estimate of drug-likeness (QED) is 0.369. The van der Waals surface area contributed by atoms with Crippen molar-refractivity contribution in [1.29, 1.82) is 0 Å². The van der Waals surface area contributed by atoms with E-state index in [0.29, 0.717) is 10.9 Å². The monoisotopic (exact) mass is 413 g/mol. The van der Waals surface area contributed by atoms with Gasteiger partial charge in [-0.2, -0.15) is 0 Å². The standard InChI is InChI=1S/C22H27N3O3S/c26-21-20(15-16-11-13-19(14-12-16)25(27)28)29-22(23-17-7-3-1-4-8-17)24(21)18-9-5-2-6-10-18/h11-15,17-18H,1-10H2. The van der Waals surface area contributed by atoms with Gasteiger partial charge in [-0.3, -0.25) is 24.8 Å². The maximum absolute atomic E-state index is 13.3. The molecule has 2 saturated carbocycles. The molecule has 1 aromatic carbocycles. The van der Waals surface area contributed by atoms with Crippen LogP contribution in [0.25, 0.3) is 6.08 Å². The van der Waals surface area contributed by atoms with Gasteiger partial charge in [0, 0.05) is 18.2 Å². The molecule has 0 spiro atoms. The van der Waals surface area contributed by atoms with Gasteiger partial charge in [0.05, 0.1) is 15.9 Å². The van der Waals surface area contributed by atoms with Crippen molar-refractivity contribution in [2.75, 3.05) is 0 Å². The molecule has 0 unspecified atom stereocenters. The Morgan fingerprint density at radius 2 is 1.62 bits per heavy atom. The maximum Gasteiger partial charge on any atom is 0.269 e. The second-order valence-electron chi connectivity index (χ2n) is 8.13. The Balaban J connectivity index is 1.60. The number of nitrogens with zero attached hydrogens (tertiary/aromatic N) is 3. The van der Waals surface area contributed by atoms with Crippen molar-refractivity contribution < 1.29 is 9.72 Å². The zero-order valence-electron chi connectivity index (χ0n) is 16.6. The lowest BCUT2D eigenvalue weighted by atomic mass is 9.94. The third-order valence-electron chi connectivity index (χ3n) is 6.05. The summed E-state index contributed by atoms with van der Waals surface area (Å²) in [5, 5.41) is 11.7. The summed E-state index contributed by atoms with van der Waals surface area (Å²) < 4.78 is 0. The van der Waals surface area contributed by atoms with Crippen molar-refractivity contribution in [2.45, 2.75) is 76.3 Å². The minimum absolute atomic E-state index is 0.0369. The number of hydrogen-bond donors (Lipinski definition) is 0. The SMILES string of the molecule is O=C1C(=Cc2ccc([N+](=O)[O-])cc2)SC(=NC2CCCCC2)N1C1CCCCC1. The molecule has 1 amide bonds. The van der Waals surface area contributed by atoms with Gasteiger partial charge in [-0.25, -0.2) is 0 Å². The summed E-state index contributed by atoms with van der Waals surface area (Å²) in [4.78, 5) is 31.4. The van der Waals surface area contributed by atoms with Crippen LogP contribution in [0.2, 0.25) is 0 Å². The largest absolute Gasteiger partial charge is 0.284 e. The predicted molar refractivity (Wildman–Crippen MR) is 117 cm³/mol. The van der Waals surface area contributed by atoms with E-state index in [2.05, 4.69) is 0 Å². The van der Waals surface area contributed by atoms with Gasteiger partial charge < -0.3 is 0 Å². The van der Waals surface area contributed by atoms with Crippen molar-refractivity contribution in [3.63, 3.8) is 0 Å². The molecule has 0 radical (unpaired) electrons. The Hall–Kier alpha value is -2.15. The summed E-state index contributed by atoms with van der Waals surface area (Å²) >= 11 is 1.47. The van der Waals surface area contributed by atoms with Crippen LogP contribution in [-0.4, -0.2) is 33.0 Å². The van der Waals surface area contributed by atoms with E-state index in [-0.39, 0.29) is 17.6 Å². The lowest BCUT2D eigenvalue weighted by Gasteiger charge is -2.31. The van der Waals surface area contributed by atoms with E-state index in [4.69, 9.17) is 4.99 Å². The van der Waals surface area contributed by atoms with E-state index in [1.165, 1.54) is 49.6 Å². The van der Waals surface area contributed by atoms with Crippen LogP contribution in [-0.2, 0) is 4.79 Å². The molecule has 3 fully saturated rings. The second kappa shape index (κ2) is 9.11. The number of nitro benzene ring substituents is 1. The lowest BCUT2D eigenvalue weighted by Crippen LogP contribution is -2.41. The summed E-state index contributed by atoms with van der Waals surface area (Å²) in [6, 6.07) is 6.91. The Labute approximate surface area is 175 Å². The molecule has 3 aliphatic rings. The molecular weight excluding hydrogens is 386 g/mol. The molecule has 7 heteroatoms. The van der Waals surface area contributed by atoms with Gasteiger partial charge in [-0.1, -0.05) is 38.5 Å². The van der Waals surface area contributed by atoms with Gasteiger partial charge in [-0.15, -0.1) is 0 Å². The zero-order valence-corrected chi connectivity index (χ0v) is 17.4. The van der Waals surface area contributed by atoms with Crippen LogP contribution in [0.3, 0.4) is 0 Å². The third kappa shape index (κ3) is 4.71. The first-order valence-electron chi connectivity index (χ1n) is 10.7. The number of rotatable bonds is 4. The van der Waals surface area contributed by atoms with Gasteiger partial charge in [0.15, 0.2) is 5.17 Å². The number of thioether (sulfide) groups is 1. The molecule has 0 N–H and O–H groups in total. The van der Waals surface area contributed by atoms with Crippen LogP contribution in [0.15, 0.2) is 34.2 Å². The number of carbonyl (C=O) groups is 1. The molecule has 1 heterocycles. The summed E-state index contributed by atoms with van der Waals surface area (Å²) in [5.74, 6) is 0.0369. The van der Waals surface area contributed by atoms with E-state index in [9.17, 15) is 14.9 Å². The summed E-state index contributed by atoms with van der Waals surface area (Å²) in [6.45, 7) is 0. The fourth-order valence-electron chi connectivity index (χ4n) is 4.45. The van der Waals surface area contributed by atoms with Crippen LogP contribution in [0.5, 0.6) is 0 Å². The van der Waals surface area contributed by atoms with Gasteiger partial charge in [0.2, 0.25) is 0 Å². The van der Waals surface area contributed by atoms with Crippen LogP contribution < -0.4 is 0 Å². The molecule has 6 nitrogen and oxygen atoms in total. The van der Waals surface area contributed by atoms with Crippen molar-refractivity contribution in [2.24, 2.45) is 4.99 Å². The smallest absolute Gasteiger partial charge is 0.269 e. The Bertz CT molecular complexity index is 822. The highest BCUT2D eigenvalue weighted by molar-refractivity contribution is 8.18. The van der Waals surface area contributed by atoms with Gasteiger partial charge >= 0.3 is 0 Å². The Morgan fingerprint density at radius 3 is 2.24 bits per heavy atom. The number of amides is 1. The Morgan fingerprint density at radius 1 is 1.00 bits per heavy atom. The molecule has 154 valence electrons. The number of carbonyl (C=O) groups excluding carboxylic acids is 1. The maximum atomic E-state index is 13.3. The molecule has 0 aromatic heterocycles. The molecule has 1 aliphatic heterocycles. The first-order valence-corrected chi connectivity index (χ1v) is 11.5. The minimum atomic E-state index is -0.411. The van der Waals surface area contributed by atoms with Gasteiger partial charge in [0.1, 0.15) is 0 Å². The van der Waals surface area contributed by atoms with E-state index in [0.717, 1.165) is 49.3 Å². The van der Waals surface area contributed by atoms with Crippen molar-refractivity contribution in [3.8, 4) is 0 Å². The Kier molecular flexibility index (Phi) is 6.33. The number of benzene rings is 1. The van der Waals surface area contributed by atoms with Crippen molar-refractivity contribution in [1.82, 2.24) is 4.90 Å². The number of amidine groups is 1. The normalized spacial score (nSPS) is 24.6. The molecular formula is C22H27N3O3S. The van der Waals surface area contributed by atoms with Crippen LogP contribution in [0.1, 0.15) is 69.8 Å². The average Bonchev–Trinajstić information content (AvgIpc) is 3.04. The highest BCUT2D eigenvalue weighted by atomic mass is 32.2. The predicted octanol–water partition coefficient (Wildman–Crippen LogP) is 5.53. The molecule has 2 aliphatic carbocycles. The van der Waals surface area contributed by atoms with E-state index >= 15 is 0 Å². The topological polar surface area (TPSA) is 75.8 Å². The first-order chi connectivity index (χ1) is 14.1. The molecule has 0 atom stereocenters. The summed E-state index contributed by atoms with van der Waals surface area (Å²) in [5.41, 5.74) is 0.856. The average molecular weight is 414 g/mol. The molecule has 29 heavy (non-hydrogen) atoms. The van der Waals surface area contributed by atoms with E-state index < -0.39 is 4.92 Å². The number of non-ortho nitro benzene ring substituents is 1. The molecule has 1 saturated heterocycles. The van der Waals surface area contributed by atoms with Gasteiger partial charge in [-0.05, 0) is 61.2 Å². The lowest BCUT2D eigenvalue weighted by molar-refractivity contribution is -0.384. The number of aliphatic imine (C=N–C) groups is 1. The van der Waals surface area contributed by atoms with Crippen molar-refractivity contribution >= 4 is 34.6 Å². The van der Waals surface area contributed by atoms with Crippen LogP contribution in [0.4, 0.5) is 5.69 Å². The second-order valence-corrected chi connectivity index (χ2v) is 9.14. The first kappa shape index (κ1) is 20.1.